The lowest BCUT2D eigenvalue weighted by molar-refractivity contribution is 0.592. The fourth-order valence-electron chi connectivity index (χ4n) is 2.50. The van der Waals surface area contributed by atoms with Gasteiger partial charge in [-0.15, -0.1) is 0 Å². The van der Waals surface area contributed by atoms with Gasteiger partial charge in [-0.3, -0.25) is 4.72 Å². The molecule has 0 aliphatic rings. The molecule has 5 nitrogen and oxygen atoms in total. The number of benzene rings is 2. The lowest BCUT2D eigenvalue weighted by Gasteiger charge is -2.10. The fourth-order valence-corrected chi connectivity index (χ4v) is 3.76. The zero-order valence-electron chi connectivity index (χ0n) is 13.6. The summed E-state index contributed by atoms with van der Waals surface area (Å²) >= 11 is 0. The molecule has 138 valence electrons. The molecule has 0 aliphatic carbocycles. The Morgan fingerprint density at radius 3 is 2.41 bits per heavy atom. The summed E-state index contributed by atoms with van der Waals surface area (Å²) in [6.45, 7) is 0. The molecule has 27 heavy (non-hydrogen) atoms. The number of H-pyrrole nitrogens is 1. The van der Waals surface area contributed by atoms with Gasteiger partial charge in [0.15, 0.2) is 0 Å². The predicted octanol–water partition coefficient (Wildman–Crippen LogP) is 3.70. The molecule has 3 aromatic rings. The molecule has 0 amide bonds. The molecule has 3 rings (SSSR count). The molecule has 9 heteroatoms. The highest BCUT2D eigenvalue weighted by molar-refractivity contribution is 7.92. The zero-order chi connectivity index (χ0) is 19.6. The molecule has 0 saturated carbocycles. The minimum Gasteiger partial charge on any atom is -0.366 e. The molecule has 0 fully saturated rings. The van der Waals surface area contributed by atoms with Crippen LogP contribution in [-0.2, 0) is 16.4 Å². The van der Waals surface area contributed by atoms with Crippen molar-refractivity contribution in [2.75, 3.05) is 4.72 Å². The smallest absolute Gasteiger partial charge is 0.263 e. The molecule has 1 heterocycles. The SMILES string of the molecule is N#Cc1cc(F)c(NS(=O)(=O)c2c[nH]cc2Cc2ccc(F)cc2)cc1F. The molecule has 0 saturated heterocycles. The third-order valence-electron chi connectivity index (χ3n) is 3.81. The minimum atomic E-state index is -4.23. The Kier molecular flexibility index (Phi) is 4.92. The summed E-state index contributed by atoms with van der Waals surface area (Å²) in [5, 5.41) is 8.69. The van der Waals surface area contributed by atoms with E-state index < -0.39 is 38.7 Å². The number of nitrogens with one attached hydrogen (secondary N) is 2. The number of aromatic nitrogens is 1. The first kappa shape index (κ1) is 18.5. The number of anilines is 1. The molecule has 0 unspecified atom stereocenters. The van der Waals surface area contributed by atoms with E-state index in [9.17, 15) is 21.6 Å². The highest BCUT2D eigenvalue weighted by atomic mass is 32.2. The van der Waals surface area contributed by atoms with Crippen molar-refractivity contribution < 1.29 is 21.6 Å². The molecular weight excluding hydrogens is 379 g/mol. The van der Waals surface area contributed by atoms with Crippen LogP contribution in [0.1, 0.15) is 16.7 Å². The van der Waals surface area contributed by atoms with Gasteiger partial charge in [-0.1, -0.05) is 12.1 Å². The summed E-state index contributed by atoms with van der Waals surface area (Å²) in [6.07, 6.45) is 2.84. The van der Waals surface area contributed by atoms with Gasteiger partial charge in [0.2, 0.25) is 0 Å². The van der Waals surface area contributed by atoms with Gasteiger partial charge in [0.1, 0.15) is 28.4 Å². The normalized spacial score (nSPS) is 11.2. The van der Waals surface area contributed by atoms with Crippen molar-refractivity contribution in [3.8, 4) is 6.07 Å². The molecular formula is C18H12F3N3O2S. The third-order valence-corrected chi connectivity index (χ3v) is 5.26. The van der Waals surface area contributed by atoms with E-state index in [1.54, 1.807) is 0 Å². The minimum absolute atomic E-state index is 0.156. The molecule has 0 atom stereocenters. The van der Waals surface area contributed by atoms with Gasteiger partial charge >= 0.3 is 0 Å². The number of hydrogen-bond donors (Lipinski definition) is 2. The lowest BCUT2D eigenvalue weighted by atomic mass is 10.1. The van der Waals surface area contributed by atoms with Gasteiger partial charge < -0.3 is 4.98 Å². The highest BCUT2D eigenvalue weighted by Gasteiger charge is 2.22. The highest BCUT2D eigenvalue weighted by Crippen LogP contribution is 2.25. The first-order chi connectivity index (χ1) is 12.8. The Bertz CT molecular complexity index is 1130. The van der Waals surface area contributed by atoms with Gasteiger partial charge in [0, 0.05) is 24.9 Å². The molecule has 1 aromatic heterocycles. The maximum atomic E-state index is 14.0. The Morgan fingerprint density at radius 1 is 1.04 bits per heavy atom. The summed E-state index contributed by atoms with van der Waals surface area (Å²) in [7, 11) is -4.23. The van der Waals surface area contributed by atoms with Crippen LogP contribution in [0.2, 0.25) is 0 Å². The molecule has 0 spiro atoms. The summed E-state index contributed by atoms with van der Waals surface area (Å²) < 4.78 is 67.9. The summed E-state index contributed by atoms with van der Waals surface area (Å²) in [5.74, 6) is -2.54. The van der Waals surface area contributed by atoms with E-state index in [4.69, 9.17) is 5.26 Å². The Hall–Kier alpha value is -3.25. The number of nitriles is 1. The van der Waals surface area contributed by atoms with E-state index in [1.807, 2.05) is 4.72 Å². The van der Waals surface area contributed by atoms with Crippen LogP contribution in [0.3, 0.4) is 0 Å². The molecule has 0 aliphatic heterocycles. The quantitative estimate of drug-likeness (QED) is 0.696. The molecule has 0 bridgehead atoms. The van der Waals surface area contributed by atoms with Crippen LogP contribution in [0.15, 0.2) is 53.7 Å². The second kappa shape index (κ2) is 7.17. The van der Waals surface area contributed by atoms with Crippen LogP contribution in [0, 0.1) is 28.8 Å². The van der Waals surface area contributed by atoms with Crippen molar-refractivity contribution >= 4 is 15.7 Å². The van der Waals surface area contributed by atoms with E-state index >= 15 is 0 Å². The molecule has 0 radical (unpaired) electrons. The number of sulfonamides is 1. The van der Waals surface area contributed by atoms with Gasteiger partial charge in [-0.25, -0.2) is 21.6 Å². The number of rotatable bonds is 5. The zero-order valence-corrected chi connectivity index (χ0v) is 14.4. The molecule has 2 N–H and O–H groups in total. The fraction of sp³-hybridized carbons (Fsp3) is 0.0556. The first-order valence-electron chi connectivity index (χ1n) is 7.62. The Morgan fingerprint density at radius 2 is 1.74 bits per heavy atom. The maximum absolute atomic E-state index is 14.0. The number of aromatic amines is 1. The van der Waals surface area contributed by atoms with Crippen LogP contribution < -0.4 is 4.72 Å². The average molecular weight is 391 g/mol. The summed E-state index contributed by atoms with van der Waals surface area (Å²) in [5.41, 5.74) is -0.110. The topological polar surface area (TPSA) is 85.8 Å². The van der Waals surface area contributed by atoms with Gasteiger partial charge in [0.05, 0.1) is 11.3 Å². The Labute approximate surface area is 153 Å². The van der Waals surface area contributed by atoms with Crippen LogP contribution in [0.4, 0.5) is 18.9 Å². The van der Waals surface area contributed by atoms with Crippen molar-refractivity contribution in [1.29, 1.82) is 5.26 Å². The van der Waals surface area contributed by atoms with Crippen LogP contribution >= 0.6 is 0 Å². The van der Waals surface area contributed by atoms with Crippen molar-refractivity contribution in [2.45, 2.75) is 11.3 Å². The van der Waals surface area contributed by atoms with E-state index in [0.29, 0.717) is 23.3 Å². The van der Waals surface area contributed by atoms with Crippen molar-refractivity contribution in [3.05, 3.63) is 82.9 Å². The van der Waals surface area contributed by atoms with E-state index in [0.717, 1.165) is 0 Å². The van der Waals surface area contributed by atoms with E-state index in [1.165, 1.54) is 42.7 Å². The predicted molar refractivity (Wildman–Crippen MR) is 91.9 cm³/mol. The second-order valence-corrected chi connectivity index (χ2v) is 7.33. The average Bonchev–Trinajstić information content (AvgIpc) is 3.09. The number of hydrogen-bond acceptors (Lipinski definition) is 3. The van der Waals surface area contributed by atoms with Gasteiger partial charge in [-0.2, -0.15) is 5.26 Å². The van der Waals surface area contributed by atoms with Gasteiger partial charge in [0.25, 0.3) is 10.0 Å². The Balaban J connectivity index is 1.91. The van der Waals surface area contributed by atoms with E-state index in [-0.39, 0.29) is 11.3 Å². The van der Waals surface area contributed by atoms with Crippen LogP contribution in [0.25, 0.3) is 0 Å². The number of halogens is 3. The summed E-state index contributed by atoms with van der Waals surface area (Å²) in [6, 6.07) is 8.23. The second-order valence-electron chi connectivity index (χ2n) is 5.68. The van der Waals surface area contributed by atoms with Crippen LogP contribution in [-0.4, -0.2) is 13.4 Å². The number of nitrogens with zero attached hydrogens (tertiary/aromatic N) is 1. The monoisotopic (exact) mass is 391 g/mol. The standard InChI is InChI=1S/C18H12F3N3O2S/c19-14-3-1-11(2-4-14)5-13-9-23-10-18(13)27(25,26)24-17-7-15(20)12(8-22)6-16(17)21/h1-4,6-7,9-10,23-24H,5H2. The van der Waals surface area contributed by atoms with Crippen molar-refractivity contribution in [2.24, 2.45) is 0 Å². The van der Waals surface area contributed by atoms with E-state index in [2.05, 4.69) is 4.98 Å². The largest absolute Gasteiger partial charge is 0.366 e. The maximum Gasteiger partial charge on any atom is 0.263 e. The third kappa shape index (κ3) is 3.96. The molecule has 2 aromatic carbocycles. The van der Waals surface area contributed by atoms with Crippen molar-refractivity contribution in [3.63, 3.8) is 0 Å². The summed E-state index contributed by atoms with van der Waals surface area (Å²) in [4.78, 5) is 2.51. The van der Waals surface area contributed by atoms with Crippen molar-refractivity contribution in [1.82, 2.24) is 4.98 Å². The lowest BCUT2D eigenvalue weighted by Crippen LogP contribution is -2.15. The van der Waals surface area contributed by atoms with Gasteiger partial charge in [-0.05, 0) is 29.3 Å². The van der Waals surface area contributed by atoms with Crippen LogP contribution in [0.5, 0.6) is 0 Å². The first-order valence-corrected chi connectivity index (χ1v) is 9.10.